The Labute approximate surface area is 121 Å². The van der Waals surface area contributed by atoms with E-state index in [0.29, 0.717) is 11.2 Å². The van der Waals surface area contributed by atoms with Gasteiger partial charge in [0.1, 0.15) is 11.6 Å². The minimum atomic E-state index is -0.301. The van der Waals surface area contributed by atoms with Crippen molar-refractivity contribution in [1.29, 1.82) is 0 Å². The summed E-state index contributed by atoms with van der Waals surface area (Å²) < 4.78 is 14.6. The molecule has 106 valence electrons. The summed E-state index contributed by atoms with van der Waals surface area (Å²) in [6.45, 7) is 1.87. The third kappa shape index (κ3) is 2.29. The van der Waals surface area contributed by atoms with Crippen LogP contribution in [0.4, 0.5) is 10.2 Å². The maximum Gasteiger partial charge on any atom is 0.260 e. The quantitative estimate of drug-likeness (QED) is 0.783. The van der Waals surface area contributed by atoms with E-state index in [1.807, 2.05) is 25.1 Å². The number of nitrogen functional groups attached to an aromatic ring is 1. The van der Waals surface area contributed by atoms with Crippen molar-refractivity contribution in [3.05, 3.63) is 76.3 Å². The number of halogens is 1. The third-order valence-electron chi connectivity index (χ3n) is 3.73. The van der Waals surface area contributed by atoms with E-state index in [0.717, 1.165) is 10.9 Å². The van der Waals surface area contributed by atoms with Gasteiger partial charge < -0.3 is 5.73 Å². The van der Waals surface area contributed by atoms with Crippen LogP contribution in [0.5, 0.6) is 0 Å². The largest absolute Gasteiger partial charge is 0.385 e. The van der Waals surface area contributed by atoms with Crippen molar-refractivity contribution < 1.29 is 4.39 Å². The molecule has 2 aromatic carbocycles. The Morgan fingerprint density at radius 3 is 2.48 bits per heavy atom. The summed E-state index contributed by atoms with van der Waals surface area (Å²) in [7, 11) is 0. The minimum Gasteiger partial charge on any atom is -0.385 e. The lowest BCUT2D eigenvalue weighted by molar-refractivity contribution is 0.612. The summed E-state index contributed by atoms with van der Waals surface area (Å²) >= 11 is 0. The Bertz CT molecular complexity index is 853. The lowest BCUT2D eigenvalue weighted by Crippen LogP contribution is -2.26. The zero-order valence-electron chi connectivity index (χ0n) is 11.6. The first-order chi connectivity index (χ1) is 10.1. The van der Waals surface area contributed by atoms with E-state index in [-0.39, 0.29) is 17.4 Å². The molecule has 3 nitrogen and oxygen atoms in total. The van der Waals surface area contributed by atoms with Crippen LogP contribution in [-0.4, -0.2) is 4.57 Å². The van der Waals surface area contributed by atoms with Crippen LogP contribution in [0.2, 0.25) is 0 Å². The lowest BCUT2D eigenvalue weighted by Gasteiger charge is -2.19. The lowest BCUT2D eigenvalue weighted by atomic mass is 10.1. The Morgan fingerprint density at radius 2 is 1.76 bits per heavy atom. The average molecular weight is 282 g/mol. The maximum atomic E-state index is 13.0. The van der Waals surface area contributed by atoms with Crippen LogP contribution in [0.1, 0.15) is 18.5 Å². The number of pyridine rings is 1. The Kier molecular flexibility index (Phi) is 3.22. The number of anilines is 1. The first kappa shape index (κ1) is 13.4. The van der Waals surface area contributed by atoms with Crippen LogP contribution < -0.4 is 11.3 Å². The number of hydrogen-bond donors (Lipinski definition) is 1. The van der Waals surface area contributed by atoms with Crippen molar-refractivity contribution in [1.82, 2.24) is 4.57 Å². The summed E-state index contributed by atoms with van der Waals surface area (Å²) in [5, 5.41) is 1.45. The molecule has 1 atom stereocenters. The summed E-state index contributed by atoms with van der Waals surface area (Å²) in [5.74, 6) is 0.0975. The van der Waals surface area contributed by atoms with E-state index >= 15 is 0 Å². The number of nitrogens with zero attached hydrogens (tertiary/aromatic N) is 1. The van der Waals surface area contributed by atoms with Gasteiger partial charge in [-0.25, -0.2) is 4.39 Å². The van der Waals surface area contributed by atoms with Gasteiger partial charge in [-0.2, -0.15) is 0 Å². The van der Waals surface area contributed by atoms with E-state index in [1.165, 1.54) is 16.7 Å². The predicted molar refractivity (Wildman–Crippen MR) is 82.8 cm³/mol. The number of rotatable bonds is 2. The number of nitrogens with two attached hydrogens (primary N) is 1. The van der Waals surface area contributed by atoms with Crippen LogP contribution >= 0.6 is 0 Å². The molecule has 0 spiro atoms. The molecule has 0 radical (unpaired) electrons. The molecule has 0 aliphatic heterocycles. The van der Waals surface area contributed by atoms with E-state index in [2.05, 4.69) is 0 Å². The van der Waals surface area contributed by atoms with Crippen molar-refractivity contribution >= 4 is 16.6 Å². The van der Waals surface area contributed by atoms with Crippen molar-refractivity contribution in [3.63, 3.8) is 0 Å². The number of hydrogen-bond acceptors (Lipinski definition) is 2. The summed E-state index contributed by atoms with van der Waals surface area (Å²) in [5.41, 5.74) is 6.74. The molecule has 0 saturated heterocycles. The molecule has 0 amide bonds. The van der Waals surface area contributed by atoms with Gasteiger partial charge in [-0.05, 0) is 42.1 Å². The number of fused-ring (bicyclic) bond motifs is 1. The SMILES string of the molecule is CC(c1ccc(F)cc1)n1c(N)cc2ccccc2c1=O. The Balaban J connectivity index is 2.20. The van der Waals surface area contributed by atoms with Crippen molar-refractivity contribution in [2.24, 2.45) is 0 Å². The second-order valence-electron chi connectivity index (χ2n) is 5.06. The molecular formula is C17H15FN2O. The van der Waals surface area contributed by atoms with E-state index in [9.17, 15) is 9.18 Å². The molecule has 3 aromatic rings. The summed E-state index contributed by atoms with van der Waals surface area (Å²) in [6, 6.07) is 15.0. The molecule has 1 aromatic heterocycles. The van der Waals surface area contributed by atoms with Gasteiger partial charge in [0.05, 0.1) is 6.04 Å². The smallest absolute Gasteiger partial charge is 0.260 e. The maximum absolute atomic E-state index is 13.0. The second kappa shape index (κ2) is 5.05. The zero-order chi connectivity index (χ0) is 15.0. The fourth-order valence-electron chi connectivity index (χ4n) is 2.58. The summed E-state index contributed by atoms with van der Waals surface area (Å²) in [6.07, 6.45) is 0. The molecule has 21 heavy (non-hydrogen) atoms. The molecule has 2 N–H and O–H groups in total. The normalized spacial score (nSPS) is 12.5. The standard InChI is InChI=1S/C17H15FN2O/c1-11(12-6-8-14(18)9-7-12)20-16(19)10-13-4-2-3-5-15(13)17(20)21/h2-11H,19H2,1H3. The van der Waals surface area contributed by atoms with Crippen molar-refractivity contribution in [2.75, 3.05) is 5.73 Å². The minimum absolute atomic E-state index is 0.137. The highest BCUT2D eigenvalue weighted by Crippen LogP contribution is 2.22. The molecule has 0 aliphatic rings. The third-order valence-corrected chi connectivity index (χ3v) is 3.73. The van der Waals surface area contributed by atoms with Crippen LogP contribution in [-0.2, 0) is 0 Å². The second-order valence-corrected chi connectivity index (χ2v) is 5.06. The predicted octanol–water partition coefficient (Wildman–Crippen LogP) is 3.33. The van der Waals surface area contributed by atoms with Crippen molar-refractivity contribution in [2.45, 2.75) is 13.0 Å². The van der Waals surface area contributed by atoms with Gasteiger partial charge in [0.25, 0.3) is 5.56 Å². The summed E-state index contributed by atoms with van der Waals surface area (Å²) in [4.78, 5) is 12.6. The zero-order valence-corrected chi connectivity index (χ0v) is 11.6. The van der Waals surface area contributed by atoms with E-state index in [1.54, 1.807) is 24.3 Å². The Hall–Kier alpha value is -2.62. The fourth-order valence-corrected chi connectivity index (χ4v) is 2.58. The van der Waals surface area contributed by atoms with Crippen molar-refractivity contribution in [3.8, 4) is 0 Å². The molecule has 0 fully saturated rings. The average Bonchev–Trinajstić information content (AvgIpc) is 2.48. The topological polar surface area (TPSA) is 48.0 Å². The molecule has 0 aliphatic carbocycles. The van der Waals surface area contributed by atoms with Crippen LogP contribution in [0.3, 0.4) is 0 Å². The molecule has 0 saturated carbocycles. The molecule has 1 unspecified atom stereocenters. The van der Waals surface area contributed by atoms with Crippen LogP contribution in [0.15, 0.2) is 59.4 Å². The van der Waals surface area contributed by atoms with Gasteiger partial charge in [-0.3, -0.25) is 9.36 Å². The van der Waals surface area contributed by atoms with Gasteiger partial charge in [0.2, 0.25) is 0 Å². The van der Waals surface area contributed by atoms with E-state index in [4.69, 9.17) is 5.73 Å². The Morgan fingerprint density at radius 1 is 1.10 bits per heavy atom. The highest BCUT2D eigenvalue weighted by atomic mass is 19.1. The van der Waals surface area contributed by atoms with Gasteiger partial charge in [-0.15, -0.1) is 0 Å². The molecule has 1 heterocycles. The first-order valence-electron chi connectivity index (χ1n) is 6.73. The van der Waals surface area contributed by atoms with Crippen LogP contribution in [0.25, 0.3) is 10.8 Å². The van der Waals surface area contributed by atoms with Gasteiger partial charge in [0, 0.05) is 5.39 Å². The number of benzene rings is 2. The van der Waals surface area contributed by atoms with Gasteiger partial charge in [-0.1, -0.05) is 30.3 Å². The highest BCUT2D eigenvalue weighted by Gasteiger charge is 2.14. The fraction of sp³-hybridized carbons (Fsp3) is 0.118. The molecular weight excluding hydrogens is 267 g/mol. The number of aromatic nitrogens is 1. The molecule has 3 rings (SSSR count). The van der Waals surface area contributed by atoms with Gasteiger partial charge in [0.15, 0.2) is 0 Å². The molecule has 4 heteroatoms. The van der Waals surface area contributed by atoms with Crippen LogP contribution in [0, 0.1) is 5.82 Å². The monoisotopic (exact) mass is 282 g/mol. The van der Waals surface area contributed by atoms with Gasteiger partial charge >= 0.3 is 0 Å². The highest BCUT2D eigenvalue weighted by molar-refractivity contribution is 5.83. The van der Waals surface area contributed by atoms with E-state index < -0.39 is 0 Å². The first-order valence-corrected chi connectivity index (χ1v) is 6.73. The molecule has 0 bridgehead atoms.